The Morgan fingerprint density at radius 2 is 2.25 bits per heavy atom. The molecule has 0 amide bonds. The highest BCUT2D eigenvalue weighted by atomic mass is 79.9. The first-order chi connectivity index (χ1) is 9.56. The second-order valence-electron chi connectivity index (χ2n) is 4.68. The number of rotatable bonds is 6. The molecule has 1 aromatic heterocycles. The van der Waals surface area contributed by atoms with Crippen LogP contribution in [0.15, 0.2) is 45.5 Å². The second-order valence-corrected chi connectivity index (χ2v) is 5.53. The van der Waals surface area contributed by atoms with Gasteiger partial charge in [0.25, 0.3) is 0 Å². The summed E-state index contributed by atoms with van der Waals surface area (Å²) in [6, 6.07) is 9.16. The molecule has 0 radical (unpaired) electrons. The van der Waals surface area contributed by atoms with Crippen LogP contribution in [0.1, 0.15) is 28.6 Å². The van der Waals surface area contributed by atoms with Crippen LogP contribution in [-0.4, -0.2) is 17.1 Å². The minimum Gasteiger partial charge on any atom is -0.478 e. The third-order valence-electron chi connectivity index (χ3n) is 3.03. The molecule has 2 rings (SSSR count). The van der Waals surface area contributed by atoms with Crippen LogP contribution in [0.2, 0.25) is 0 Å². The van der Waals surface area contributed by atoms with E-state index >= 15 is 0 Å². The van der Waals surface area contributed by atoms with Gasteiger partial charge in [-0.2, -0.15) is 0 Å². The van der Waals surface area contributed by atoms with Gasteiger partial charge in [-0.3, -0.25) is 0 Å². The van der Waals surface area contributed by atoms with Crippen LogP contribution in [0, 0.1) is 0 Å². The van der Waals surface area contributed by atoms with E-state index in [4.69, 9.17) is 9.52 Å². The number of carbonyl (C=O) groups is 1. The van der Waals surface area contributed by atoms with Gasteiger partial charge in [-0.05, 0) is 36.8 Å². The Hall–Kier alpha value is -1.59. The van der Waals surface area contributed by atoms with Crippen LogP contribution in [0.5, 0.6) is 0 Å². The third kappa shape index (κ3) is 3.95. The molecule has 0 saturated carbocycles. The van der Waals surface area contributed by atoms with Gasteiger partial charge in [-0.15, -0.1) is 0 Å². The average molecular weight is 338 g/mol. The molecule has 2 N–H and O–H groups in total. The molecule has 0 aliphatic carbocycles. The predicted molar refractivity (Wildman–Crippen MR) is 79.8 cm³/mol. The van der Waals surface area contributed by atoms with Gasteiger partial charge in [-0.1, -0.05) is 22.0 Å². The molecule has 1 aromatic carbocycles. The van der Waals surface area contributed by atoms with Crippen molar-refractivity contribution >= 4 is 21.9 Å². The maximum absolute atomic E-state index is 10.9. The number of furan rings is 1. The summed E-state index contributed by atoms with van der Waals surface area (Å²) in [4.78, 5) is 10.9. The van der Waals surface area contributed by atoms with Crippen molar-refractivity contribution in [3.8, 4) is 0 Å². The Morgan fingerprint density at radius 1 is 1.45 bits per heavy atom. The summed E-state index contributed by atoms with van der Waals surface area (Å²) in [5.41, 5.74) is 1.31. The summed E-state index contributed by atoms with van der Waals surface area (Å²) >= 11 is 3.40. The number of aromatic carboxylic acids is 1. The monoisotopic (exact) mass is 337 g/mol. The van der Waals surface area contributed by atoms with Gasteiger partial charge in [0.05, 0.1) is 11.8 Å². The van der Waals surface area contributed by atoms with Crippen LogP contribution >= 0.6 is 15.9 Å². The first-order valence-electron chi connectivity index (χ1n) is 6.33. The summed E-state index contributed by atoms with van der Waals surface area (Å²) < 4.78 is 6.11. The van der Waals surface area contributed by atoms with E-state index in [1.165, 1.54) is 0 Å². The number of benzene rings is 1. The molecule has 1 unspecified atom stereocenters. The van der Waals surface area contributed by atoms with Crippen molar-refractivity contribution in [1.29, 1.82) is 0 Å². The summed E-state index contributed by atoms with van der Waals surface area (Å²) in [5.74, 6) is 0.0293. The molecule has 0 aliphatic heterocycles. The fraction of sp³-hybridized carbons (Fsp3) is 0.267. The SMILES string of the molecule is CC(Cc1ccco1)NCc1ccc(C(=O)O)cc1Br. The van der Waals surface area contributed by atoms with Gasteiger partial charge >= 0.3 is 5.97 Å². The summed E-state index contributed by atoms with van der Waals surface area (Å²) in [5, 5.41) is 12.3. The van der Waals surface area contributed by atoms with E-state index in [-0.39, 0.29) is 11.6 Å². The molecule has 1 heterocycles. The molecule has 0 saturated heterocycles. The van der Waals surface area contributed by atoms with Crippen molar-refractivity contribution in [3.63, 3.8) is 0 Å². The van der Waals surface area contributed by atoms with Crippen LogP contribution in [-0.2, 0) is 13.0 Å². The number of hydrogen-bond donors (Lipinski definition) is 2. The van der Waals surface area contributed by atoms with E-state index in [9.17, 15) is 4.79 Å². The standard InChI is InChI=1S/C15H16BrNO3/c1-10(7-13-3-2-6-20-13)17-9-12-5-4-11(15(18)19)8-14(12)16/h2-6,8,10,17H,7,9H2,1H3,(H,18,19). The lowest BCUT2D eigenvalue weighted by Gasteiger charge is -2.13. The molecule has 20 heavy (non-hydrogen) atoms. The van der Waals surface area contributed by atoms with E-state index in [1.54, 1.807) is 18.4 Å². The first kappa shape index (κ1) is 14.8. The zero-order valence-corrected chi connectivity index (χ0v) is 12.7. The largest absolute Gasteiger partial charge is 0.478 e. The van der Waals surface area contributed by atoms with Crippen LogP contribution < -0.4 is 5.32 Å². The molecule has 0 spiro atoms. The zero-order chi connectivity index (χ0) is 14.5. The van der Waals surface area contributed by atoms with E-state index in [0.29, 0.717) is 6.54 Å². The maximum Gasteiger partial charge on any atom is 0.335 e. The number of hydrogen-bond acceptors (Lipinski definition) is 3. The minimum absolute atomic E-state index is 0.271. The highest BCUT2D eigenvalue weighted by Gasteiger charge is 2.09. The number of carboxylic acid groups (broad SMARTS) is 1. The molecule has 0 fully saturated rings. The average Bonchev–Trinajstić information content (AvgIpc) is 2.90. The highest BCUT2D eigenvalue weighted by molar-refractivity contribution is 9.10. The van der Waals surface area contributed by atoms with Gasteiger partial charge in [-0.25, -0.2) is 4.79 Å². The lowest BCUT2D eigenvalue weighted by Crippen LogP contribution is -2.27. The Kier molecular flexibility index (Phi) is 4.98. The summed E-state index contributed by atoms with van der Waals surface area (Å²) in [6.07, 6.45) is 2.49. The number of nitrogens with one attached hydrogen (secondary N) is 1. The fourth-order valence-electron chi connectivity index (χ4n) is 1.91. The van der Waals surface area contributed by atoms with Gasteiger partial charge in [0.15, 0.2) is 0 Å². The Bertz CT molecular complexity index is 581. The second kappa shape index (κ2) is 6.72. The molecule has 1 atom stereocenters. The number of carboxylic acids is 1. The van der Waals surface area contributed by atoms with E-state index in [2.05, 4.69) is 28.2 Å². The predicted octanol–water partition coefficient (Wildman–Crippen LogP) is 3.46. The van der Waals surface area contributed by atoms with Crippen molar-refractivity contribution in [2.24, 2.45) is 0 Å². The summed E-state index contributed by atoms with van der Waals surface area (Å²) in [7, 11) is 0. The Morgan fingerprint density at radius 3 is 2.85 bits per heavy atom. The zero-order valence-electron chi connectivity index (χ0n) is 11.1. The molecule has 5 heteroatoms. The molecule has 0 bridgehead atoms. The summed E-state index contributed by atoms with van der Waals surface area (Å²) in [6.45, 7) is 2.75. The van der Waals surface area contributed by atoms with E-state index in [1.807, 2.05) is 18.2 Å². The van der Waals surface area contributed by atoms with Crippen molar-refractivity contribution in [2.75, 3.05) is 0 Å². The molecule has 2 aromatic rings. The highest BCUT2D eigenvalue weighted by Crippen LogP contribution is 2.19. The van der Waals surface area contributed by atoms with Crippen molar-refractivity contribution in [1.82, 2.24) is 5.32 Å². The third-order valence-corrected chi connectivity index (χ3v) is 3.77. The van der Waals surface area contributed by atoms with Crippen LogP contribution in [0.25, 0.3) is 0 Å². The van der Waals surface area contributed by atoms with Gasteiger partial charge in [0.2, 0.25) is 0 Å². The normalized spacial score (nSPS) is 12.3. The van der Waals surface area contributed by atoms with Gasteiger partial charge in [0.1, 0.15) is 5.76 Å². The first-order valence-corrected chi connectivity index (χ1v) is 7.13. The molecule has 106 valence electrons. The van der Waals surface area contributed by atoms with Crippen LogP contribution in [0.3, 0.4) is 0 Å². The lowest BCUT2D eigenvalue weighted by molar-refractivity contribution is 0.0697. The minimum atomic E-state index is -0.920. The Balaban J connectivity index is 1.92. The number of halogens is 1. The quantitative estimate of drug-likeness (QED) is 0.847. The van der Waals surface area contributed by atoms with E-state index in [0.717, 1.165) is 22.2 Å². The maximum atomic E-state index is 10.9. The van der Waals surface area contributed by atoms with Crippen molar-refractivity contribution < 1.29 is 14.3 Å². The molecule has 4 nitrogen and oxygen atoms in total. The smallest absolute Gasteiger partial charge is 0.335 e. The van der Waals surface area contributed by atoms with Crippen molar-refractivity contribution in [2.45, 2.75) is 25.9 Å². The topological polar surface area (TPSA) is 62.5 Å². The fourth-order valence-corrected chi connectivity index (χ4v) is 2.43. The lowest BCUT2D eigenvalue weighted by atomic mass is 10.1. The van der Waals surface area contributed by atoms with Gasteiger partial charge < -0.3 is 14.8 Å². The molecular weight excluding hydrogens is 322 g/mol. The molecule has 0 aliphatic rings. The van der Waals surface area contributed by atoms with E-state index < -0.39 is 5.97 Å². The Labute approximate surface area is 125 Å². The molecular formula is C15H16BrNO3. The van der Waals surface area contributed by atoms with Gasteiger partial charge in [0, 0.05) is 23.5 Å². The van der Waals surface area contributed by atoms with Crippen LogP contribution in [0.4, 0.5) is 0 Å². The van der Waals surface area contributed by atoms with Crippen molar-refractivity contribution in [3.05, 3.63) is 58.0 Å².